The Morgan fingerprint density at radius 2 is 1.45 bits per heavy atom. The summed E-state index contributed by atoms with van der Waals surface area (Å²) in [7, 11) is 0. The minimum Gasteiger partial charge on any atom is -0.504 e. The van der Waals surface area contributed by atoms with E-state index in [1.54, 1.807) is 6.07 Å². The summed E-state index contributed by atoms with van der Waals surface area (Å²) in [5.41, 5.74) is 5.60. The number of phenols is 2. The Morgan fingerprint density at radius 3 is 2.05 bits per heavy atom. The van der Waals surface area contributed by atoms with Gasteiger partial charge in [0.05, 0.1) is 0 Å². The molecule has 2 nitrogen and oxygen atoms in total. The van der Waals surface area contributed by atoms with Gasteiger partial charge in [0.15, 0.2) is 11.5 Å². The molecule has 0 fully saturated rings. The summed E-state index contributed by atoms with van der Waals surface area (Å²) in [6.45, 7) is 6.40. The second-order valence-corrected chi connectivity index (χ2v) is 4.97. The first-order valence-electron chi connectivity index (χ1n) is 7.28. The molecule has 0 unspecified atom stereocenters. The molecule has 0 amide bonds. The standard InChI is InChI=1S/C18H22O2/c1-4-12-10-11-13(5-2)17(14(12)6-3)15-8-7-9-16(19)18(15)20/h7-11,19-20H,4-6H2,1-3H3. The van der Waals surface area contributed by atoms with Crippen molar-refractivity contribution >= 4 is 0 Å². The monoisotopic (exact) mass is 270 g/mol. The van der Waals surface area contributed by atoms with E-state index in [4.69, 9.17) is 0 Å². The largest absolute Gasteiger partial charge is 0.504 e. The molecule has 0 atom stereocenters. The lowest BCUT2D eigenvalue weighted by molar-refractivity contribution is 0.405. The van der Waals surface area contributed by atoms with Gasteiger partial charge in [-0.1, -0.05) is 45.0 Å². The quantitative estimate of drug-likeness (QED) is 0.806. The molecule has 0 heterocycles. The van der Waals surface area contributed by atoms with Crippen LogP contribution in [0.1, 0.15) is 37.5 Å². The highest BCUT2D eigenvalue weighted by atomic mass is 16.3. The second kappa shape index (κ2) is 6.00. The highest BCUT2D eigenvalue weighted by Gasteiger charge is 2.16. The van der Waals surface area contributed by atoms with Crippen LogP contribution in [0.4, 0.5) is 0 Å². The number of benzene rings is 2. The van der Waals surface area contributed by atoms with E-state index < -0.39 is 0 Å². The molecule has 0 spiro atoms. The van der Waals surface area contributed by atoms with Gasteiger partial charge in [0.1, 0.15) is 0 Å². The molecule has 0 radical (unpaired) electrons. The molecule has 0 aromatic heterocycles. The topological polar surface area (TPSA) is 40.5 Å². The maximum Gasteiger partial charge on any atom is 0.165 e. The number of para-hydroxylation sites is 1. The Bertz CT molecular complexity index is 615. The van der Waals surface area contributed by atoms with Crippen molar-refractivity contribution in [1.29, 1.82) is 0 Å². The fourth-order valence-electron chi connectivity index (χ4n) is 2.84. The van der Waals surface area contributed by atoms with Crippen LogP contribution in [0.25, 0.3) is 11.1 Å². The van der Waals surface area contributed by atoms with Crippen LogP contribution in [-0.2, 0) is 19.3 Å². The Labute approximate surface area is 120 Å². The number of hydrogen-bond acceptors (Lipinski definition) is 2. The Balaban J connectivity index is 2.80. The summed E-state index contributed by atoms with van der Waals surface area (Å²) >= 11 is 0. The number of aromatic hydroxyl groups is 2. The van der Waals surface area contributed by atoms with Gasteiger partial charge in [-0.15, -0.1) is 0 Å². The van der Waals surface area contributed by atoms with Crippen LogP contribution in [-0.4, -0.2) is 10.2 Å². The van der Waals surface area contributed by atoms with Gasteiger partial charge >= 0.3 is 0 Å². The predicted molar refractivity (Wildman–Crippen MR) is 83.3 cm³/mol. The minimum atomic E-state index is -0.0616. The van der Waals surface area contributed by atoms with Crippen molar-refractivity contribution < 1.29 is 10.2 Å². The third kappa shape index (κ3) is 2.38. The lowest BCUT2D eigenvalue weighted by Gasteiger charge is -2.18. The molecule has 2 aromatic rings. The van der Waals surface area contributed by atoms with Crippen LogP contribution in [0.5, 0.6) is 11.5 Å². The van der Waals surface area contributed by atoms with Crippen LogP contribution in [0, 0.1) is 0 Å². The molecule has 0 aliphatic rings. The highest BCUT2D eigenvalue weighted by molar-refractivity contribution is 5.79. The fourth-order valence-corrected chi connectivity index (χ4v) is 2.84. The van der Waals surface area contributed by atoms with Gasteiger partial charge < -0.3 is 10.2 Å². The van der Waals surface area contributed by atoms with Crippen LogP contribution < -0.4 is 0 Å². The average molecular weight is 270 g/mol. The first-order chi connectivity index (χ1) is 9.63. The van der Waals surface area contributed by atoms with Gasteiger partial charge in [0.2, 0.25) is 0 Å². The summed E-state index contributed by atoms with van der Waals surface area (Å²) in [6.07, 6.45) is 2.79. The van der Waals surface area contributed by atoms with E-state index in [-0.39, 0.29) is 11.5 Å². The molecule has 0 aliphatic heterocycles. The molecule has 2 aromatic carbocycles. The molecule has 0 bridgehead atoms. The lowest BCUT2D eigenvalue weighted by Crippen LogP contribution is -2.00. The summed E-state index contributed by atoms with van der Waals surface area (Å²) in [5, 5.41) is 20.0. The van der Waals surface area contributed by atoms with E-state index in [0.717, 1.165) is 30.4 Å². The molecule has 20 heavy (non-hydrogen) atoms. The lowest BCUT2D eigenvalue weighted by atomic mass is 9.87. The van der Waals surface area contributed by atoms with Crippen molar-refractivity contribution in [2.45, 2.75) is 40.0 Å². The fraction of sp³-hybridized carbons (Fsp3) is 0.333. The van der Waals surface area contributed by atoms with Crippen molar-refractivity contribution in [1.82, 2.24) is 0 Å². The molecule has 2 N–H and O–H groups in total. The maximum absolute atomic E-state index is 10.2. The third-order valence-electron chi connectivity index (χ3n) is 3.90. The predicted octanol–water partition coefficient (Wildman–Crippen LogP) is 4.45. The molecule has 2 heteroatoms. The second-order valence-electron chi connectivity index (χ2n) is 4.97. The van der Waals surface area contributed by atoms with E-state index in [0.29, 0.717) is 0 Å². The maximum atomic E-state index is 10.2. The Morgan fingerprint density at radius 1 is 0.800 bits per heavy atom. The summed E-state index contributed by atoms with van der Waals surface area (Å²) < 4.78 is 0. The summed E-state index contributed by atoms with van der Waals surface area (Å²) in [6, 6.07) is 9.49. The van der Waals surface area contributed by atoms with E-state index in [1.165, 1.54) is 22.8 Å². The van der Waals surface area contributed by atoms with Gasteiger partial charge in [-0.2, -0.15) is 0 Å². The van der Waals surface area contributed by atoms with Gasteiger partial charge in [0.25, 0.3) is 0 Å². The van der Waals surface area contributed by atoms with Gasteiger partial charge in [-0.25, -0.2) is 0 Å². The van der Waals surface area contributed by atoms with Crippen molar-refractivity contribution in [3.05, 3.63) is 47.0 Å². The Kier molecular flexibility index (Phi) is 4.33. The van der Waals surface area contributed by atoms with E-state index in [9.17, 15) is 10.2 Å². The zero-order chi connectivity index (χ0) is 14.7. The van der Waals surface area contributed by atoms with Gasteiger partial charge in [-0.05, 0) is 47.6 Å². The summed E-state index contributed by atoms with van der Waals surface area (Å²) in [4.78, 5) is 0. The van der Waals surface area contributed by atoms with Crippen molar-refractivity contribution in [2.24, 2.45) is 0 Å². The van der Waals surface area contributed by atoms with Crippen molar-refractivity contribution in [3.8, 4) is 22.6 Å². The Hall–Kier alpha value is -1.96. The van der Waals surface area contributed by atoms with E-state index >= 15 is 0 Å². The molecule has 106 valence electrons. The van der Waals surface area contributed by atoms with Crippen molar-refractivity contribution in [2.75, 3.05) is 0 Å². The van der Waals surface area contributed by atoms with Crippen LogP contribution in [0.15, 0.2) is 30.3 Å². The van der Waals surface area contributed by atoms with E-state index in [2.05, 4.69) is 32.9 Å². The van der Waals surface area contributed by atoms with Crippen LogP contribution >= 0.6 is 0 Å². The summed E-state index contributed by atoms with van der Waals surface area (Å²) in [5.74, 6) is -0.0846. The third-order valence-corrected chi connectivity index (χ3v) is 3.90. The van der Waals surface area contributed by atoms with Crippen LogP contribution in [0.3, 0.4) is 0 Å². The highest BCUT2D eigenvalue weighted by Crippen LogP contribution is 2.40. The van der Waals surface area contributed by atoms with Gasteiger partial charge in [-0.3, -0.25) is 0 Å². The zero-order valence-corrected chi connectivity index (χ0v) is 12.4. The normalized spacial score (nSPS) is 10.8. The van der Waals surface area contributed by atoms with Gasteiger partial charge in [0, 0.05) is 5.56 Å². The number of rotatable bonds is 4. The molecular weight excluding hydrogens is 248 g/mol. The van der Waals surface area contributed by atoms with Crippen molar-refractivity contribution in [3.63, 3.8) is 0 Å². The smallest absolute Gasteiger partial charge is 0.165 e. The first-order valence-corrected chi connectivity index (χ1v) is 7.28. The number of aryl methyl sites for hydroxylation is 2. The minimum absolute atomic E-state index is 0.0230. The SMILES string of the molecule is CCc1ccc(CC)c(-c2cccc(O)c2O)c1CC. The molecular formula is C18H22O2. The zero-order valence-electron chi connectivity index (χ0n) is 12.4. The molecule has 0 saturated heterocycles. The average Bonchev–Trinajstić information content (AvgIpc) is 2.48. The molecule has 2 rings (SSSR count). The molecule has 0 saturated carbocycles. The number of phenolic OH excluding ortho intramolecular Hbond substituents is 2. The van der Waals surface area contributed by atoms with E-state index in [1.807, 2.05) is 6.07 Å². The number of hydrogen-bond donors (Lipinski definition) is 2. The van der Waals surface area contributed by atoms with Crippen LogP contribution in [0.2, 0.25) is 0 Å². The molecule has 0 aliphatic carbocycles. The first kappa shape index (κ1) is 14.4.